The average Bonchev–Trinajstić information content (AvgIpc) is 3.49. The number of pyridine rings is 1. The zero-order valence-electron chi connectivity index (χ0n) is 18.5. The predicted octanol–water partition coefficient (Wildman–Crippen LogP) is 4.14. The molecule has 186 valence electrons. The van der Waals surface area contributed by atoms with E-state index in [-0.39, 0.29) is 16.4 Å². The van der Waals surface area contributed by atoms with Gasteiger partial charge in [-0.3, -0.25) is 14.3 Å². The van der Waals surface area contributed by atoms with Crippen molar-refractivity contribution in [3.8, 4) is 11.3 Å². The first-order valence-electron chi connectivity index (χ1n) is 10.1. The van der Waals surface area contributed by atoms with Crippen LogP contribution in [0.5, 0.6) is 0 Å². The van der Waals surface area contributed by atoms with Crippen LogP contribution in [-0.2, 0) is 13.2 Å². The lowest BCUT2D eigenvalue weighted by molar-refractivity contribution is -0.137. The molecule has 0 radical (unpaired) electrons. The minimum Gasteiger partial charge on any atom is -0.342 e. The van der Waals surface area contributed by atoms with Crippen LogP contribution < -0.4 is 10.6 Å². The van der Waals surface area contributed by atoms with Gasteiger partial charge in [0.2, 0.25) is 0 Å². The number of anilines is 1. The van der Waals surface area contributed by atoms with Crippen LogP contribution in [0.1, 0.15) is 43.7 Å². The summed E-state index contributed by atoms with van der Waals surface area (Å²) >= 11 is 6.51. The van der Waals surface area contributed by atoms with Crippen molar-refractivity contribution in [3.05, 3.63) is 69.4 Å². The molecule has 2 N–H and O–H groups in total. The van der Waals surface area contributed by atoms with Crippen LogP contribution in [0.15, 0.2) is 43.2 Å². The number of amides is 2. The lowest BCUT2D eigenvalue weighted by Crippen LogP contribution is -2.27. The van der Waals surface area contributed by atoms with Crippen molar-refractivity contribution < 1.29 is 22.8 Å². The Bertz CT molecular complexity index is 1440. The highest BCUT2D eigenvalue weighted by Gasteiger charge is 2.34. The third kappa shape index (κ3) is 5.66. The normalized spacial score (nSPS) is 12.3. The van der Waals surface area contributed by atoms with Crippen molar-refractivity contribution in [2.45, 2.75) is 19.1 Å². The van der Waals surface area contributed by atoms with Crippen LogP contribution in [0.2, 0.25) is 5.02 Å². The molecule has 0 unspecified atom stereocenters. The highest BCUT2D eigenvalue weighted by molar-refractivity contribution is 7.13. The third-order valence-electron chi connectivity index (χ3n) is 4.77. The topological polar surface area (TPSA) is 128 Å². The summed E-state index contributed by atoms with van der Waals surface area (Å²) in [5, 5.41) is 8.92. The third-order valence-corrected chi connectivity index (χ3v) is 6.25. The zero-order chi connectivity index (χ0) is 26.0. The number of thiazole rings is 1. The second kappa shape index (κ2) is 9.99. The second-order valence-electron chi connectivity index (χ2n) is 7.45. The standard InChI is InChI=1S/C21H16ClF3N8O2S/c1-10(31-18(34)15-4-14(28-9-29-15)11-5-30-33(2)8-11)20-27-7-16(36-20)19(35)32-17-3-12(21(23,24)25)13(22)6-26-17/h3-10H,1-2H3,(H,31,34)(H,26,32,35)/t10-/m1/s1. The molecule has 0 bridgehead atoms. The van der Waals surface area contributed by atoms with Gasteiger partial charge < -0.3 is 10.6 Å². The highest BCUT2D eigenvalue weighted by Crippen LogP contribution is 2.35. The molecule has 4 rings (SSSR count). The van der Waals surface area contributed by atoms with Gasteiger partial charge in [-0.15, -0.1) is 11.3 Å². The van der Waals surface area contributed by atoms with Gasteiger partial charge in [-0.25, -0.2) is 19.9 Å². The minimum atomic E-state index is -4.70. The fourth-order valence-corrected chi connectivity index (χ4v) is 4.05. The van der Waals surface area contributed by atoms with Crippen LogP contribution in [-0.4, -0.2) is 41.5 Å². The summed E-state index contributed by atoms with van der Waals surface area (Å²) in [7, 11) is 1.76. The number of hydrogen-bond acceptors (Lipinski definition) is 8. The fraction of sp³-hybridized carbons (Fsp3) is 0.190. The zero-order valence-corrected chi connectivity index (χ0v) is 20.1. The lowest BCUT2D eigenvalue weighted by Gasteiger charge is -2.11. The molecule has 4 aromatic rings. The van der Waals surface area contributed by atoms with Gasteiger partial charge in [0.25, 0.3) is 11.8 Å². The molecule has 0 aromatic carbocycles. The number of carbonyl (C=O) groups is 2. The van der Waals surface area contributed by atoms with Gasteiger partial charge in [0.05, 0.1) is 34.7 Å². The molecule has 4 heterocycles. The highest BCUT2D eigenvalue weighted by atomic mass is 35.5. The lowest BCUT2D eigenvalue weighted by atomic mass is 10.2. The van der Waals surface area contributed by atoms with Gasteiger partial charge >= 0.3 is 6.18 Å². The largest absolute Gasteiger partial charge is 0.418 e. The molecule has 10 nitrogen and oxygen atoms in total. The molecule has 0 aliphatic heterocycles. The Balaban J connectivity index is 1.43. The molecule has 1 atom stereocenters. The maximum absolute atomic E-state index is 13.0. The van der Waals surface area contributed by atoms with Gasteiger partial charge in [-0.1, -0.05) is 11.6 Å². The van der Waals surface area contributed by atoms with Gasteiger partial charge in [0, 0.05) is 25.0 Å². The summed E-state index contributed by atoms with van der Waals surface area (Å²) in [6, 6.07) is 1.58. The molecule has 0 aliphatic carbocycles. The maximum atomic E-state index is 13.0. The number of nitrogens with one attached hydrogen (secondary N) is 2. The van der Waals surface area contributed by atoms with Gasteiger partial charge in [0.15, 0.2) is 0 Å². The first-order chi connectivity index (χ1) is 17.0. The quantitative estimate of drug-likeness (QED) is 0.379. The van der Waals surface area contributed by atoms with Crippen LogP contribution in [0.4, 0.5) is 19.0 Å². The second-order valence-corrected chi connectivity index (χ2v) is 8.92. The Morgan fingerprint density at radius 1 is 1.08 bits per heavy atom. The van der Waals surface area contributed by atoms with Crippen LogP contribution in [0.3, 0.4) is 0 Å². The number of alkyl halides is 3. The van der Waals surface area contributed by atoms with Crippen molar-refractivity contribution in [1.82, 2.24) is 35.0 Å². The minimum absolute atomic E-state index is 0.109. The molecule has 4 aromatic heterocycles. The molecular weight excluding hydrogens is 521 g/mol. The van der Waals surface area contributed by atoms with E-state index in [9.17, 15) is 22.8 Å². The SMILES string of the molecule is C[C@@H](NC(=O)c1cc(-c2cnn(C)c2)ncn1)c1ncc(C(=O)Nc2cc(C(F)(F)F)c(Cl)cn2)s1. The van der Waals surface area contributed by atoms with Crippen molar-refractivity contribution in [3.63, 3.8) is 0 Å². The molecular formula is C21H16ClF3N8O2S. The molecule has 0 saturated carbocycles. The van der Waals surface area contributed by atoms with Crippen molar-refractivity contribution >= 4 is 40.6 Å². The van der Waals surface area contributed by atoms with Crippen LogP contribution in [0.25, 0.3) is 11.3 Å². The first-order valence-corrected chi connectivity index (χ1v) is 11.3. The summed E-state index contributed by atoms with van der Waals surface area (Å²) in [6.07, 6.45) is 1.98. The summed E-state index contributed by atoms with van der Waals surface area (Å²) in [5.74, 6) is -1.51. The van der Waals surface area contributed by atoms with E-state index in [0.29, 0.717) is 16.8 Å². The van der Waals surface area contributed by atoms with E-state index in [1.165, 1.54) is 18.6 Å². The Kier molecular flexibility index (Phi) is 6.99. The fourth-order valence-electron chi connectivity index (χ4n) is 3.02. The number of halogens is 4. The Labute approximate surface area is 210 Å². The molecule has 0 fully saturated rings. The average molecular weight is 537 g/mol. The van der Waals surface area contributed by atoms with E-state index >= 15 is 0 Å². The van der Waals surface area contributed by atoms with Gasteiger partial charge in [-0.2, -0.15) is 18.3 Å². The summed E-state index contributed by atoms with van der Waals surface area (Å²) in [5.41, 5.74) is 0.246. The van der Waals surface area contributed by atoms with E-state index in [4.69, 9.17) is 11.6 Å². The van der Waals surface area contributed by atoms with E-state index in [1.807, 2.05) is 0 Å². The van der Waals surface area contributed by atoms with Crippen molar-refractivity contribution in [2.75, 3.05) is 5.32 Å². The Morgan fingerprint density at radius 3 is 2.56 bits per heavy atom. The summed E-state index contributed by atoms with van der Waals surface area (Å²) < 4.78 is 40.7. The predicted molar refractivity (Wildman–Crippen MR) is 124 cm³/mol. The maximum Gasteiger partial charge on any atom is 0.418 e. The van der Waals surface area contributed by atoms with Crippen LogP contribution in [0, 0.1) is 0 Å². The monoisotopic (exact) mass is 536 g/mol. The number of hydrogen-bond donors (Lipinski definition) is 2. The number of aromatic nitrogens is 6. The Hall–Kier alpha value is -3.91. The van der Waals surface area contributed by atoms with E-state index in [1.54, 1.807) is 31.0 Å². The molecule has 0 saturated heterocycles. The smallest absolute Gasteiger partial charge is 0.342 e. The molecule has 2 amide bonds. The number of carbonyl (C=O) groups excluding carboxylic acids is 2. The number of rotatable bonds is 6. The molecule has 0 aliphatic rings. The van der Waals surface area contributed by atoms with E-state index in [0.717, 1.165) is 23.1 Å². The molecule has 0 spiro atoms. The van der Waals surface area contributed by atoms with Gasteiger partial charge in [-0.05, 0) is 19.1 Å². The van der Waals surface area contributed by atoms with Crippen molar-refractivity contribution in [2.24, 2.45) is 7.05 Å². The van der Waals surface area contributed by atoms with E-state index < -0.39 is 34.6 Å². The van der Waals surface area contributed by atoms with Crippen molar-refractivity contribution in [1.29, 1.82) is 0 Å². The van der Waals surface area contributed by atoms with Gasteiger partial charge in [0.1, 0.15) is 27.7 Å². The molecule has 15 heteroatoms. The number of nitrogens with zero attached hydrogens (tertiary/aromatic N) is 6. The first kappa shape index (κ1) is 25.2. The summed E-state index contributed by atoms with van der Waals surface area (Å²) in [6.45, 7) is 1.66. The van der Waals surface area contributed by atoms with Crippen LogP contribution >= 0.6 is 22.9 Å². The van der Waals surface area contributed by atoms with E-state index in [2.05, 4.69) is 35.7 Å². The molecule has 36 heavy (non-hydrogen) atoms. The number of aryl methyl sites for hydroxylation is 1. The Morgan fingerprint density at radius 2 is 1.86 bits per heavy atom. The summed E-state index contributed by atoms with van der Waals surface area (Å²) in [4.78, 5) is 41.3.